The van der Waals surface area contributed by atoms with Gasteiger partial charge in [-0.15, -0.1) is 0 Å². The van der Waals surface area contributed by atoms with Gasteiger partial charge in [-0.25, -0.2) is 4.79 Å². The third kappa shape index (κ3) is 4.43. The van der Waals surface area contributed by atoms with Crippen LogP contribution < -0.4 is 0 Å². The Hall–Kier alpha value is -1.47. The molecular weight excluding hydrogens is 336 g/mol. The molecule has 1 aliphatic carbocycles. The fourth-order valence-electron chi connectivity index (χ4n) is 3.58. The van der Waals surface area contributed by atoms with Gasteiger partial charge in [0.05, 0.1) is 12.7 Å². The molecule has 26 heavy (non-hydrogen) atoms. The molecule has 6 heteroatoms. The summed E-state index contributed by atoms with van der Waals surface area (Å²) in [5.41, 5.74) is 0.310. The molecule has 0 unspecified atom stereocenters. The molecular formula is C20H30O6. The topological polar surface area (TPSA) is 107 Å². The van der Waals surface area contributed by atoms with Crippen molar-refractivity contribution in [1.82, 2.24) is 0 Å². The Kier molecular flexibility index (Phi) is 6.80. The van der Waals surface area contributed by atoms with Crippen LogP contribution in [-0.2, 0) is 9.53 Å². The van der Waals surface area contributed by atoms with Crippen LogP contribution >= 0.6 is 0 Å². The average molecular weight is 366 g/mol. The molecule has 0 aromatic heterocycles. The molecule has 0 amide bonds. The molecule has 1 fully saturated rings. The Morgan fingerprint density at radius 3 is 2.62 bits per heavy atom. The Bertz CT molecular complexity index is 607. The molecule has 6 nitrogen and oxygen atoms in total. The fraction of sp³-hybridized carbons (Fsp3) is 0.650. The summed E-state index contributed by atoms with van der Waals surface area (Å²) >= 11 is 0. The number of ether oxygens (including phenoxy) is 1. The maximum absolute atomic E-state index is 12.0. The number of allylic oxidation sites excluding steroid dienone is 3. The summed E-state index contributed by atoms with van der Waals surface area (Å²) in [6.07, 6.45) is 3.00. The largest absolute Gasteiger partial charge is 0.455 e. The van der Waals surface area contributed by atoms with Crippen LogP contribution in [0.5, 0.6) is 0 Å². The summed E-state index contributed by atoms with van der Waals surface area (Å²) in [6.45, 7) is 6.90. The van der Waals surface area contributed by atoms with Crippen LogP contribution in [0.2, 0.25) is 0 Å². The van der Waals surface area contributed by atoms with Crippen LogP contribution in [-0.4, -0.2) is 56.9 Å². The Morgan fingerprint density at radius 1 is 1.27 bits per heavy atom. The number of esters is 1. The van der Waals surface area contributed by atoms with E-state index in [1.807, 2.05) is 19.1 Å². The van der Waals surface area contributed by atoms with Gasteiger partial charge in [-0.2, -0.15) is 0 Å². The van der Waals surface area contributed by atoms with E-state index in [9.17, 15) is 25.2 Å². The Morgan fingerprint density at radius 2 is 1.96 bits per heavy atom. The first kappa shape index (κ1) is 20.8. The van der Waals surface area contributed by atoms with Gasteiger partial charge in [0.1, 0.15) is 17.8 Å². The second-order valence-electron chi connectivity index (χ2n) is 7.54. The van der Waals surface area contributed by atoms with Gasteiger partial charge in [0.2, 0.25) is 0 Å². The van der Waals surface area contributed by atoms with Gasteiger partial charge in [0, 0.05) is 11.5 Å². The van der Waals surface area contributed by atoms with E-state index in [0.29, 0.717) is 12.0 Å². The molecule has 146 valence electrons. The highest BCUT2D eigenvalue weighted by Crippen LogP contribution is 2.37. The molecule has 2 rings (SSSR count). The van der Waals surface area contributed by atoms with Gasteiger partial charge in [0.15, 0.2) is 0 Å². The smallest absolute Gasteiger partial charge is 0.334 e. The Labute approximate surface area is 154 Å². The lowest BCUT2D eigenvalue weighted by molar-refractivity contribution is -0.144. The normalized spacial score (nSPS) is 41.3. The van der Waals surface area contributed by atoms with Gasteiger partial charge in [-0.05, 0) is 51.5 Å². The van der Waals surface area contributed by atoms with E-state index in [-0.39, 0.29) is 18.4 Å². The number of carbonyl (C=O) groups excluding carboxylic acids is 1. The predicted molar refractivity (Wildman–Crippen MR) is 97.2 cm³/mol. The van der Waals surface area contributed by atoms with Gasteiger partial charge in [0.25, 0.3) is 0 Å². The van der Waals surface area contributed by atoms with E-state index in [0.717, 1.165) is 18.4 Å². The highest BCUT2D eigenvalue weighted by atomic mass is 16.6. The predicted octanol–water partition coefficient (Wildman–Crippen LogP) is 1.39. The molecule has 0 spiro atoms. The summed E-state index contributed by atoms with van der Waals surface area (Å²) in [4.78, 5) is 12.0. The van der Waals surface area contributed by atoms with Crippen molar-refractivity contribution in [3.63, 3.8) is 0 Å². The highest BCUT2D eigenvalue weighted by molar-refractivity contribution is 5.90. The molecule has 0 bridgehead atoms. The number of hydrogen-bond donors (Lipinski definition) is 4. The summed E-state index contributed by atoms with van der Waals surface area (Å²) in [5.74, 6) is -1.23. The van der Waals surface area contributed by atoms with Crippen LogP contribution in [0.25, 0.3) is 0 Å². The van der Waals surface area contributed by atoms with Crippen molar-refractivity contribution in [3.8, 4) is 0 Å². The minimum atomic E-state index is -1.69. The van der Waals surface area contributed by atoms with E-state index in [2.05, 4.69) is 6.58 Å². The van der Waals surface area contributed by atoms with Crippen molar-refractivity contribution < 1.29 is 30.0 Å². The van der Waals surface area contributed by atoms with Gasteiger partial charge in [-0.3, -0.25) is 0 Å². The third-order valence-electron chi connectivity index (χ3n) is 5.57. The van der Waals surface area contributed by atoms with E-state index in [1.165, 1.54) is 0 Å². The zero-order valence-electron chi connectivity index (χ0n) is 15.5. The fourth-order valence-corrected chi connectivity index (χ4v) is 3.58. The standard InChI is InChI=1S/C20H30O6/c1-12-6-4-8-13(2)17(23)18-15(14(3)19(24)26-18)10-16(22)20(25,11-21)9-5-7-12/h7-8,15-18,21-23,25H,3-6,9-11H2,1-2H3/b12-7+,13-8+/t15-,16-,17+,18-,20-/m1/s1. The Balaban J connectivity index is 2.35. The van der Waals surface area contributed by atoms with Crippen LogP contribution in [0.3, 0.4) is 0 Å². The molecule has 2 aliphatic rings. The number of aliphatic hydroxyl groups excluding tert-OH is 3. The SMILES string of the molecule is C=C1C(=O)O[C@@H]2[C@@H]1C[C@@H](O)[C@](O)(CO)CC/C=C(\C)CC/C=C(\C)[C@@H]2O. The van der Waals surface area contributed by atoms with Crippen LogP contribution in [0.1, 0.15) is 46.0 Å². The molecule has 1 saturated heterocycles. The third-order valence-corrected chi connectivity index (χ3v) is 5.57. The second kappa shape index (κ2) is 8.48. The van der Waals surface area contributed by atoms with E-state index >= 15 is 0 Å². The quantitative estimate of drug-likeness (QED) is 0.317. The summed E-state index contributed by atoms with van der Waals surface area (Å²) in [6, 6.07) is 0. The highest BCUT2D eigenvalue weighted by Gasteiger charge is 2.46. The molecule has 5 atom stereocenters. The minimum absolute atomic E-state index is 0.0284. The maximum atomic E-state index is 12.0. The minimum Gasteiger partial charge on any atom is -0.455 e. The summed E-state index contributed by atoms with van der Waals surface area (Å²) in [5, 5.41) is 41.5. The molecule has 1 heterocycles. The number of carbonyl (C=O) groups is 1. The number of aliphatic hydroxyl groups is 4. The number of hydrogen-bond acceptors (Lipinski definition) is 6. The maximum Gasteiger partial charge on any atom is 0.334 e. The molecule has 0 saturated carbocycles. The van der Waals surface area contributed by atoms with Crippen molar-refractivity contribution >= 4 is 5.97 Å². The van der Waals surface area contributed by atoms with Crippen molar-refractivity contribution in [2.24, 2.45) is 5.92 Å². The monoisotopic (exact) mass is 366 g/mol. The first-order chi connectivity index (χ1) is 12.2. The lowest BCUT2D eigenvalue weighted by Crippen LogP contribution is -2.48. The zero-order chi connectivity index (χ0) is 19.5. The summed E-state index contributed by atoms with van der Waals surface area (Å²) in [7, 11) is 0. The zero-order valence-corrected chi connectivity index (χ0v) is 15.5. The van der Waals surface area contributed by atoms with Crippen LogP contribution in [0.4, 0.5) is 0 Å². The van der Waals surface area contributed by atoms with Crippen molar-refractivity contribution in [3.05, 3.63) is 35.5 Å². The molecule has 1 aliphatic heterocycles. The number of rotatable bonds is 1. The van der Waals surface area contributed by atoms with Crippen molar-refractivity contribution in [2.45, 2.75) is 69.9 Å². The second-order valence-corrected chi connectivity index (χ2v) is 7.54. The van der Waals surface area contributed by atoms with Gasteiger partial charge in [-0.1, -0.05) is 24.3 Å². The summed E-state index contributed by atoms with van der Waals surface area (Å²) < 4.78 is 5.30. The van der Waals surface area contributed by atoms with Crippen molar-refractivity contribution in [2.75, 3.05) is 6.61 Å². The van der Waals surface area contributed by atoms with E-state index in [1.54, 1.807) is 6.92 Å². The molecule has 0 aromatic rings. The molecule has 4 N–H and O–H groups in total. The van der Waals surface area contributed by atoms with Crippen molar-refractivity contribution in [1.29, 1.82) is 0 Å². The first-order valence-corrected chi connectivity index (χ1v) is 9.11. The van der Waals surface area contributed by atoms with E-state index in [4.69, 9.17) is 4.74 Å². The van der Waals surface area contributed by atoms with Gasteiger partial charge < -0.3 is 25.2 Å². The average Bonchev–Trinajstić information content (AvgIpc) is 2.88. The van der Waals surface area contributed by atoms with Crippen LogP contribution in [0, 0.1) is 5.92 Å². The van der Waals surface area contributed by atoms with Gasteiger partial charge >= 0.3 is 5.97 Å². The lowest BCUT2D eigenvalue weighted by atomic mass is 9.80. The lowest BCUT2D eigenvalue weighted by Gasteiger charge is -2.34. The molecule has 0 radical (unpaired) electrons. The first-order valence-electron chi connectivity index (χ1n) is 9.11. The molecule has 0 aromatic carbocycles. The van der Waals surface area contributed by atoms with E-state index < -0.39 is 42.4 Å². The number of fused-ring (bicyclic) bond motifs is 1. The van der Waals surface area contributed by atoms with Crippen LogP contribution in [0.15, 0.2) is 35.5 Å².